The standard InChI is InChI=1S/C23H26N4O3S2/c1-15-13-16(2)20(17(3)14-15)32(29,30)27-11-9-18(10-12-27)22-25-26-23(31-22)21(28)24-19-7-5-4-6-8-19/h4-8,13-14,18H,9-12H2,1-3H3,(H,24,28). The van der Waals surface area contributed by atoms with Crippen LogP contribution in [0.1, 0.15) is 50.3 Å². The molecule has 9 heteroatoms. The predicted molar refractivity (Wildman–Crippen MR) is 126 cm³/mol. The topological polar surface area (TPSA) is 92.3 Å². The van der Waals surface area contributed by atoms with Gasteiger partial charge in [-0.25, -0.2) is 8.42 Å². The summed E-state index contributed by atoms with van der Waals surface area (Å²) < 4.78 is 28.2. The molecular weight excluding hydrogens is 444 g/mol. The number of sulfonamides is 1. The van der Waals surface area contributed by atoms with Crippen LogP contribution >= 0.6 is 11.3 Å². The maximum atomic E-state index is 13.3. The van der Waals surface area contributed by atoms with Crippen LogP contribution in [-0.2, 0) is 10.0 Å². The maximum absolute atomic E-state index is 13.3. The van der Waals surface area contributed by atoms with Crippen LogP contribution in [0.2, 0.25) is 0 Å². The summed E-state index contributed by atoms with van der Waals surface area (Å²) in [6.45, 7) is 6.51. The zero-order valence-electron chi connectivity index (χ0n) is 18.3. The Morgan fingerprint density at radius 3 is 2.28 bits per heavy atom. The van der Waals surface area contributed by atoms with Crippen LogP contribution < -0.4 is 5.32 Å². The zero-order chi connectivity index (χ0) is 22.9. The van der Waals surface area contributed by atoms with Crippen molar-refractivity contribution < 1.29 is 13.2 Å². The Balaban J connectivity index is 1.43. The third-order valence-corrected chi connectivity index (χ3v) is 8.96. The van der Waals surface area contributed by atoms with Crippen molar-refractivity contribution in [2.24, 2.45) is 0 Å². The largest absolute Gasteiger partial charge is 0.320 e. The van der Waals surface area contributed by atoms with Gasteiger partial charge in [0.1, 0.15) is 5.01 Å². The monoisotopic (exact) mass is 470 g/mol. The first kappa shape index (κ1) is 22.6. The minimum Gasteiger partial charge on any atom is -0.320 e. The second-order valence-corrected chi connectivity index (χ2v) is 11.1. The first-order valence-electron chi connectivity index (χ1n) is 10.5. The van der Waals surface area contributed by atoms with E-state index in [0.29, 0.717) is 41.5 Å². The van der Waals surface area contributed by atoms with Gasteiger partial charge >= 0.3 is 0 Å². The number of aromatic nitrogens is 2. The van der Waals surface area contributed by atoms with Crippen LogP contribution in [0.15, 0.2) is 47.4 Å². The molecule has 2 aromatic carbocycles. The van der Waals surface area contributed by atoms with Gasteiger partial charge in [0.05, 0.1) is 4.90 Å². The quantitative estimate of drug-likeness (QED) is 0.601. The molecule has 4 rings (SSSR count). The van der Waals surface area contributed by atoms with Gasteiger partial charge < -0.3 is 5.32 Å². The second kappa shape index (κ2) is 9.09. The molecule has 1 saturated heterocycles. The molecule has 0 atom stereocenters. The molecule has 7 nitrogen and oxygen atoms in total. The second-order valence-electron chi connectivity index (χ2n) is 8.17. The van der Waals surface area contributed by atoms with Gasteiger partial charge in [-0.1, -0.05) is 47.2 Å². The molecule has 1 N–H and O–H groups in total. The number of nitrogens with zero attached hydrogens (tertiary/aromatic N) is 3. The van der Waals surface area contributed by atoms with E-state index in [1.165, 1.54) is 11.3 Å². The highest BCUT2D eigenvalue weighted by Crippen LogP contribution is 2.34. The highest BCUT2D eigenvalue weighted by molar-refractivity contribution is 7.89. The van der Waals surface area contributed by atoms with Gasteiger partial charge in [0.2, 0.25) is 15.0 Å². The van der Waals surface area contributed by atoms with Crippen LogP contribution in [0.25, 0.3) is 0 Å². The number of piperidine rings is 1. The Morgan fingerprint density at radius 2 is 1.66 bits per heavy atom. The van der Waals surface area contributed by atoms with E-state index in [2.05, 4.69) is 15.5 Å². The normalized spacial score (nSPS) is 15.6. The van der Waals surface area contributed by atoms with Gasteiger partial charge in [0.15, 0.2) is 0 Å². The van der Waals surface area contributed by atoms with Crippen LogP contribution in [-0.4, -0.2) is 41.9 Å². The fraction of sp³-hybridized carbons (Fsp3) is 0.348. The molecule has 0 aliphatic carbocycles. The van der Waals surface area contributed by atoms with Crippen molar-refractivity contribution in [3.05, 3.63) is 69.2 Å². The molecule has 0 unspecified atom stereocenters. The molecule has 1 aliphatic rings. The van der Waals surface area contributed by atoms with Crippen molar-refractivity contribution in [1.29, 1.82) is 0 Å². The highest BCUT2D eigenvalue weighted by atomic mass is 32.2. The number of carbonyl (C=O) groups excluding carboxylic acids is 1. The van der Waals surface area contributed by atoms with E-state index < -0.39 is 10.0 Å². The van der Waals surface area contributed by atoms with Gasteiger partial charge in [0.25, 0.3) is 5.91 Å². The van der Waals surface area contributed by atoms with Gasteiger partial charge in [-0.2, -0.15) is 4.31 Å². The number of hydrogen-bond donors (Lipinski definition) is 1. The summed E-state index contributed by atoms with van der Waals surface area (Å²) in [5.74, 6) is -0.192. The van der Waals surface area contributed by atoms with Crippen LogP contribution in [0.5, 0.6) is 0 Å². The zero-order valence-corrected chi connectivity index (χ0v) is 20.0. The number of aryl methyl sites for hydroxylation is 3. The van der Waals surface area contributed by atoms with E-state index in [9.17, 15) is 13.2 Å². The van der Waals surface area contributed by atoms with Crippen LogP contribution in [0, 0.1) is 20.8 Å². The summed E-state index contributed by atoms with van der Waals surface area (Å²) in [6.07, 6.45) is 1.30. The summed E-state index contributed by atoms with van der Waals surface area (Å²) in [5.41, 5.74) is 3.32. The van der Waals surface area contributed by atoms with E-state index in [0.717, 1.165) is 21.7 Å². The molecule has 168 valence electrons. The molecule has 1 aromatic heterocycles. The first-order chi connectivity index (χ1) is 15.3. The molecular formula is C23H26N4O3S2. The Labute approximate surface area is 192 Å². The number of nitrogens with one attached hydrogen (secondary N) is 1. The number of hydrogen-bond acceptors (Lipinski definition) is 6. The Morgan fingerprint density at radius 1 is 1.03 bits per heavy atom. The van der Waals surface area contributed by atoms with E-state index in [1.807, 2.05) is 63.2 Å². The average molecular weight is 471 g/mol. The van der Waals surface area contributed by atoms with Crippen molar-refractivity contribution in [3.8, 4) is 0 Å². The van der Waals surface area contributed by atoms with Gasteiger partial charge in [-0.05, 0) is 56.9 Å². The van der Waals surface area contributed by atoms with Crippen molar-refractivity contribution >= 4 is 33.0 Å². The van der Waals surface area contributed by atoms with Crippen molar-refractivity contribution in [3.63, 3.8) is 0 Å². The fourth-order valence-electron chi connectivity index (χ4n) is 4.24. The Kier molecular flexibility index (Phi) is 6.41. The number of benzene rings is 2. The Hall–Kier alpha value is -2.62. The van der Waals surface area contributed by atoms with Crippen molar-refractivity contribution in [2.45, 2.75) is 44.4 Å². The molecule has 0 radical (unpaired) electrons. The first-order valence-corrected chi connectivity index (χ1v) is 12.8. The smallest absolute Gasteiger partial charge is 0.286 e. The molecule has 1 amide bonds. The lowest BCUT2D eigenvalue weighted by atomic mass is 9.99. The van der Waals surface area contributed by atoms with Gasteiger partial charge in [-0.3, -0.25) is 4.79 Å². The molecule has 0 bridgehead atoms. The lowest BCUT2D eigenvalue weighted by molar-refractivity contribution is 0.102. The Bertz CT molecular complexity index is 1210. The molecule has 0 spiro atoms. The summed E-state index contributed by atoms with van der Waals surface area (Å²) >= 11 is 1.28. The number of rotatable bonds is 5. The van der Waals surface area contributed by atoms with Crippen LogP contribution in [0.4, 0.5) is 5.69 Å². The summed E-state index contributed by atoms with van der Waals surface area (Å²) in [6, 6.07) is 13.0. The predicted octanol–water partition coefficient (Wildman–Crippen LogP) is 4.28. The fourth-order valence-corrected chi connectivity index (χ4v) is 7.03. The highest BCUT2D eigenvalue weighted by Gasteiger charge is 2.33. The number of amides is 1. The van der Waals surface area contributed by atoms with E-state index in [-0.39, 0.29) is 11.8 Å². The SMILES string of the molecule is Cc1cc(C)c(S(=O)(=O)N2CCC(c3nnc(C(=O)Nc4ccccc4)s3)CC2)c(C)c1. The molecule has 0 saturated carbocycles. The lowest BCUT2D eigenvalue weighted by Crippen LogP contribution is -2.38. The molecule has 3 aromatic rings. The number of anilines is 1. The minimum atomic E-state index is -3.55. The number of para-hydroxylation sites is 1. The van der Waals surface area contributed by atoms with E-state index in [1.54, 1.807) is 4.31 Å². The minimum absolute atomic E-state index is 0.0948. The third kappa shape index (κ3) is 4.60. The maximum Gasteiger partial charge on any atom is 0.286 e. The van der Waals surface area contributed by atoms with E-state index >= 15 is 0 Å². The van der Waals surface area contributed by atoms with Crippen molar-refractivity contribution in [1.82, 2.24) is 14.5 Å². The van der Waals surface area contributed by atoms with Gasteiger partial charge in [-0.15, -0.1) is 10.2 Å². The lowest BCUT2D eigenvalue weighted by Gasteiger charge is -2.31. The average Bonchev–Trinajstić information content (AvgIpc) is 3.24. The molecule has 2 heterocycles. The third-order valence-electron chi connectivity index (χ3n) is 5.67. The van der Waals surface area contributed by atoms with Crippen LogP contribution in [0.3, 0.4) is 0 Å². The summed E-state index contributed by atoms with van der Waals surface area (Å²) in [5, 5.41) is 12.2. The van der Waals surface area contributed by atoms with Crippen molar-refractivity contribution in [2.75, 3.05) is 18.4 Å². The van der Waals surface area contributed by atoms with Gasteiger partial charge in [0, 0.05) is 24.7 Å². The molecule has 1 fully saturated rings. The summed E-state index contributed by atoms with van der Waals surface area (Å²) in [7, 11) is -3.55. The molecule has 32 heavy (non-hydrogen) atoms. The molecule has 1 aliphatic heterocycles. The summed E-state index contributed by atoms with van der Waals surface area (Å²) in [4.78, 5) is 12.9. The van der Waals surface area contributed by atoms with E-state index in [4.69, 9.17) is 0 Å². The number of carbonyl (C=O) groups is 1.